The van der Waals surface area contributed by atoms with Crippen molar-refractivity contribution < 1.29 is 32.7 Å². The molecular formula is C22H14F3N5O6. The summed E-state index contributed by atoms with van der Waals surface area (Å²) in [5.74, 6) is -0.581. The standard InChI is InChI=1S/C22H14F3N5O6/c23-22(24,25)16-7-13(2-1-11(16)9-26)29-19(31)18-17-8-14(28(18)20(29)32)10-27(17)21(33)36-15-5-3-12(4-6-15)30(34)35/h1-7,14,17,31H,8,10H2/t14-,17?/m0/s1. The number of aromatic hydroxyl groups is 1. The highest BCUT2D eigenvalue weighted by molar-refractivity contribution is 5.72. The quantitative estimate of drug-likeness (QED) is 0.426. The number of ether oxygens (including phenoxy) is 1. The number of fused-ring (bicyclic) bond motifs is 5. The van der Waals surface area contributed by atoms with E-state index in [1.807, 2.05) is 0 Å². The second-order valence-corrected chi connectivity index (χ2v) is 8.21. The Hall–Kier alpha value is -4.80. The summed E-state index contributed by atoms with van der Waals surface area (Å²) in [5, 5.41) is 30.6. The monoisotopic (exact) mass is 501 g/mol. The van der Waals surface area contributed by atoms with Crippen molar-refractivity contribution in [2.45, 2.75) is 24.7 Å². The summed E-state index contributed by atoms with van der Waals surface area (Å²) in [6.07, 6.45) is -5.39. The number of nitriles is 1. The SMILES string of the molecule is N#Cc1ccc(-n2c(O)c3n(c2=O)[C@H]2CC3N(C(=O)Oc3ccc([N+](=O)[O-])cc3)C2)cc1C(F)(F)F. The second kappa shape index (κ2) is 7.87. The molecule has 0 radical (unpaired) electrons. The number of nitrogens with zero attached hydrogens (tertiary/aromatic N) is 5. The van der Waals surface area contributed by atoms with Crippen molar-refractivity contribution in [1.82, 2.24) is 14.0 Å². The summed E-state index contributed by atoms with van der Waals surface area (Å²) in [7, 11) is 0. The van der Waals surface area contributed by atoms with Crippen LogP contribution in [0.4, 0.5) is 23.7 Å². The first-order chi connectivity index (χ1) is 17.0. The van der Waals surface area contributed by atoms with Crippen LogP contribution in [0, 0.1) is 21.4 Å². The first-order valence-corrected chi connectivity index (χ1v) is 10.4. The maximum Gasteiger partial charge on any atom is 0.417 e. The predicted molar refractivity (Wildman–Crippen MR) is 114 cm³/mol. The molecule has 1 N–H and O–H groups in total. The van der Waals surface area contributed by atoms with E-state index in [0.717, 1.165) is 24.3 Å². The maximum atomic E-state index is 13.4. The van der Waals surface area contributed by atoms with E-state index in [1.54, 1.807) is 0 Å². The summed E-state index contributed by atoms with van der Waals surface area (Å²) >= 11 is 0. The topological polar surface area (TPSA) is 144 Å². The van der Waals surface area contributed by atoms with Crippen LogP contribution in [0.25, 0.3) is 5.69 Å². The lowest BCUT2D eigenvalue weighted by molar-refractivity contribution is -0.384. The molecule has 1 aromatic heterocycles. The molecular weight excluding hydrogens is 487 g/mol. The van der Waals surface area contributed by atoms with Crippen LogP contribution in [0.5, 0.6) is 11.6 Å². The minimum atomic E-state index is -4.86. The van der Waals surface area contributed by atoms with Gasteiger partial charge in [-0.05, 0) is 36.8 Å². The van der Waals surface area contributed by atoms with Gasteiger partial charge >= 0.3 is 18.0 Å². The minimum Gasteiger partial charge on any atom is -0.493 e. The summed E-state index contributed by atoms with van der Waals surface area (Å²) in [5.41, 5.74) is -3.10. The number of carbonyl (C=O) groups is 1. The largest absolute Gasteiger partial charge is 0.493 e. The number of alkyl halides is 3. The summed E-state index contributed by atoms with van der Waals surface area (Å²) in [4.78, 5) is 37.3. The molecule has 0 saturated carbocycles. The molecule has 0 aliphatic carbocycles. The van der Waals surface area contributed by atoms with E-state index in [0.29, 0.717) is 10.6 Å². The fraction of sp³-hybridized carbons (Fsp3) is 0.227. The number of aromatic nitrogens is 2. The molecule has 14 heteroatoms. The molecule has 2 bridgehead atoms. The molecule has 3 heterocycles. The molecule has 5 rings (SSSR count). The van der Waals surface area contributed by atoms with Crippen LogP contribution in [0.1, 0.15) is 35.3 Å². The third-order valence-corrected chi connectivity index (χ3v) is 6.23. The number of amides is 1. The van der Waals surface area contributed by atoms with Gasteiger partial charge in [-0.1, -0.05) is 0 Å². The van der Waals surface area contributed by atoms with E-state index in [9.17, 15) is 38.0 Å². The van der Waals surface area contributed by atoms with Crippen LogP contribution in [0.2, 0.25) is 0 Å². The number of carbonyl (C=O) groups excluding carboxylic acids is 1. The first-order valence-electron chi connectivity index (χ1n) is 10.4. The second-order valence-electron chi connectivity index (χ2n) is 8.21. The molecule has 2 aliphatic heterocycles. The van der Waals surface area contributed by atoms with Gasteiger partial charge in [0.2, 0.25) is 5.88 Å². The fourth-order valence-electron chi connectivity index (χ4n) is 4.68. The maximum absolute atomic E-state index is 13.4. The number of nitro benzene ring substituents is 1. The van der Waals surface area contributed by atoms with Crippen molar-refractivity contribution >= 4 is 11.8 Å². The Labute approximate surface area is 198 Å². The summed E-state index contributed by atoms with van der Waals surface area (Å²) < 4.78 is 47.4. The number of imidazole rings is 1. The van der Waals surface area contributed by atoms with Gasteiger partial charge in [0.25, 0.3) is 5.69 Å². The fourth-order valence-corrected chi connectivity index (χ4v) is 4.68. The van der Waals surface area contributed by atoms with Gasteiger partial charge in [-0.2, -0.15) is 18.4 Å². The highest BCUT2D eigenvalue weighted by Crippen LogP contribution is 2.49. The number of hydrogen-bond acceptors (Lipinski definition) is 7. The number of halogens is 3. The van der Waals surface area contributed by atoms with E-state index in [4.69, 9.17) is 10.00 Å². The predicted octanol–water partition coefficient (Wildman–Crippen LogP) is 3.64. The smallest absolute Gasteiger partial charge is 0.417 e. The summed E-state index contributed by atoms with van der Waals surface area (Å²) in [6.45, 7) is 0.0496. The zero-order chi connectivity index (χ0) is 25.9. The number of non-ortho nitro benzene ring substituents is 1. The Morgan fingerprint density at radius 3 is 2.53 bits per heavy atom. The molecule has 1 amide bonds. The van der Waals surface area contributed by atoms with Gasteiger partial charge < -0.3 is 9.84 Å². The van der Waals surface area contributed by atoms with Gasteiger partial charge in [-0.3, -0.25) is 19.6 Å². The van der Waals surface area contributed by atoms with Crippen LogP contribution >= 0.6 is 0 Å². The van der Waals surface area contributed by atoms with Crippen molar-refractivity contribution in [3.8, 4) is 23.4 Å². The molecule has 36 heavy (non-hydrogen) atoms. The van der Waals surface area contributed by atoms with Crippen molar-refractivity contribution in [2.75, 3.05) is 6.54 Å². The van der Waals surface area contributed by atoms with Crippen LogP contribution in [0.15, 0.2) is 47.3 Å². The minimum absolute atomic E-state index is 0.0461. The third kappa shape index (κ3) is 3.44. The van der Waals surface area contributed by atoms with Crippen molar-refractivity contribution in [3.05, 3.63) is 79.9 Å². The zero-order valence-corrected chi connectivity index (χ0v) is 18.0. The average molecular weight is 501 g/mol. The van der Waals surface area contributed by atoms with Gasteiger partial charge in [-0.25, -0.2) is 14.2 Å². The van der Waals surface area contributed by atoms with Crippen LogP contribution in [-0.2, 0) is 6.18 Å². The number of likely N-dealkylation sites (tertiary alicyclic amines) is 1. The van der Waals surface area contributed by atoms with Gasteiger partial charge in [0.05, 0.1) is 39.9 Å². The van der Waals surface area contributed by atoms with Crippen LogP contribution in [0.3, 0.4) is 0 Å². The molecule has 1 saturated heterocycles. The number of hydrogen-bond donors (Lipinski definition) is 1. The summed E-state index contributed by atoms with van der Waals surface area (Å²) in [6, 6.07) is 7.58. The van der Waals surface area contributed by atoms with Gasteiger partial charge in [-0.15, -0.1) is 0 Å². The number of benzene rings is 2. The number of nitro groups is 1. The van der Waals surface area contributed by atoms with Crippen molar-refractivity contribution in [2.24, 2.45) is 0 Å². The van der Waals surface area contributed by atoms with E-state index < -0.39 is 52.0 Å². The molecule has 184 valence electrons. The lowest BCUT2D eigenvalue weighted by atomic mass is 10.1. The van der Waals surface area contributed by atoms with Crippen LogP contribution in [-0.4, -0.2) is 36.7 Å². The van der Waals surface area contributed by atoms with Gasteiger partial charge in [0.15, 0.2) is 0 Å². The lowest BCUT2D eigenvalue weighted by Gasteiger charge is -2.26. The Morgan fingerprint density at radius 1 is 1.22 bits per heavy atom. The molecule has 0 spiro atoms. The number of rotatable bonds is 3. The molecule has 11 nitrogen and oxygen atoms in total. The van der Waals surface area contributed by atoms with Gasteiger partial charge in [0, 0.05) is 18.7 Å². The normalized spacial score (nSPS) is 18.1. The van der Waals surface area contributed by atoms with E-state index >= 15 is 0 Å². The van der Waals surface area contributed by atoms with Crippen LogP contribution < -0.4 is 10.4 Å². The first kappa shape index (κ1) is 23.0. The van der Waals surface area contributed by atoms with E-state index in [1.165, 1.54) is 27.7 Å². The zero-order valence-electron chi connectivity index (χ0n) is 18.0. The molecule has 2 aromatic carbocycles. The van der Waals surface area contributed by atoms with Crippen molar-refractivity contribution in [3.63, 3.8) is 0 Å². The average Bonchev–Trinajstić information content (AvgIpc) is 3.50. The van der Waals surface area contributed by atoms with E-state index in [-0.39, 0.29) is 35.8 Å². The molecule has 2 atom stereocenters. The third-order valence-electron chi connectivity index (χ3n) is 6.23. The van der Waals surface area contributed by atoms with Crippen molar-refractivity contribution in [1.29, 1.82) is 5.26 Å². The van der Waals surface area contributed by atoms with Gasteiger partial charge in [0.1, 0.15) is 11.4 Å². The Balaban J connectivity index is 1.47. The highest BCUT2D eigenvalue weighted by atomic mass is 19.4. The highest BCUT2D eigenvalue weighted by Gasteiger charge is 2.50. The Kier molecular flexibility index (Phi) is 5.02. The lowest BCUT2D eigenvalue weighted by Crippen LogP contribution is -2.39. The Bertz CT molecular complexity index is 1520. The molecule has 2 aliphatic rings. The molecule has 1 unspecified atom stereocenters. The Morgan fingerprint density at radius 2 is 1.92 bits per heavy atom. The van der Waals surface area contributed by atoms with E-state index in [2.05, 4.69) is 0 Å². The molecule has 3 aromatic rings. The molecule has 1 fully saturated rings.